The lowest BCUT2D eigenvalue weighted by molar-refractivity contribution is 0.142. The van der Waals surface area contributed by atoms with Crippen molar-refractivity contribution in [1.29, 1.82) is 0 Å². The Morgan fingerprint density at radius 2 is 2.20 bits per heavy atom. The van der Waals surface area contributed by atoms with Crippen LogP contribution in [0.2, 0.25) is 0 Å². The summed E-state index contributed by atoms with van der Waals surface area (Å²) in [6.45, 7) is 11.0. The van der Waals surface area contributed by atoms with E-state index in [-0.39, 0.29) is 24.0 Å². The van der Waals surface area contributed by atoms with E-state index in [4.69, 9.17) is 4.99 Å². The number of nitrogens with zero attached hydrogens (tertiary/aromatic N) is 4. The van der Waals surface area contributed by atoms with Crippen LogP contribution in [-0.4, -0.2) is 46.8 Å². The molecule has 1 N–H and O–H groups in total. The van der Waals surface area contributed by atoms with Crippen LogP contribution >= 0.6 is 24.0 Å². The Kier molecular flexibility index (Phi) is 9.82. The largest absolute Gasteiger partial charge is 0.357 e. The molecule has 1 fully saturated rings. The first-order chi connectivity index (χ1) is 11.6. The standard InChI is InChI=1S/C19H35N5.HI/c1-5-10-19(3)11-8-13-24(16-19)18(20-6-2)21-12-7-9-17-14-22-23(4)15-17;/h14-15H,5-13,16H2,1-4H3,(H,20,21);1H. The third-order valence-electron chi connectivity index (χ3n) is 4.91. The minimum Gasteiger partial charge on any atom is -0.357 e. The molecule has 0 aliphatic carbocycles. The molecule has 1 unspecified atom stereocenters. The molecule has 2 heterocycles. The van der Waals surface area contributed by atoms with Crippen LogP contribution in [-0.2, 0) is 13.5 Å². The van der Waals surface area contributed by atoms with E-state index in [0.29, 0.717) is 5.41 Å². The first kappa shape index (κ1) is 22.3. The van der Waals surface area contributed by atoms with Gasteiger partial charge in [0.15, 0.2) is 5.96 Å². The van der Waals surface area contributed by atoms with Crippen molar-refractivity contribution >= 4 is 29.9 Å². The number of hydrogen-bond donors (Lipinski definition) is 1. The van der Waals surface area contributed by atoms with Gasteiger partial charge in [-0.2, -0.15) is 5.10 Å². The maximum atomic E-state index is 4.89. The number of aliphatic imine (C=N–C) groups is 1. The van der Waals surface area contributed by atoms with E-state index >= 15 is 0 Å². The zero-order valence-corrected chi connectivity index (χ0v) is 18.8. The molecule has 6 heteroatoms. The average Bonchev–Trinajstić information content (AvgIpc) is 2.96. The van der Waals surface area contributed by atoms with Crippen LogP contribution in [0.1, 0.15) is 58.4 Å². The van der Waals surface area contributed by atoms with Crippen molar-refractivity contribution in [2.75, 3.05) is 26.2 Å². The molecule has 1 aliphatic heterocycles. The highest BCUT2D eigenvalue weighted by Gasteiger charge is 2.31. The van der Waals surface area contributed by atoms with Gasteiger partial charge in [0.2, 0.25) is 0 Å². The summed E-state index contributed by atoms with van der Waals surface area (Å²) in [5, 5.41) is 7.72. The molecule has 0 saturated carbocycles. The molecule has 144 valence electrons. The van der Waals surface area contributed by atoms with Crippen molar-refractivity contribution in [2.24, 2.45) is 17.5 Å². The molecule has 1 aromatic heterocycles. The summed E-state index contributed by atoms with van der Waals surface area (Å²) in [6, 6.07) is 0. The fraction of sp³-hybridized carbons (Fsp3) is 0.789. The predicted octanol–water partition coefficient (Wildman–Crippen LogP) is 3.84. The maximum absolute atomic E-state index is 4.89. The minimum atomic E-state index is 0. The Hall–Kier alpha value is -0.790. The summed E-state index contributed by atoms with van der Waals surface area (Å²) >= 11 is 0. The maximum Gasteiger partial charge on any atom is 0.193 e. The molecule has 0 aromatic carbocycles. The fourth-order valence-corrected chi connectivity index (χ4v) is 3.80. The molecule has 0 spiro atoms. The Balaban J connectivity index is 0.00000312. The molecule has 25 heavy (non-hydrogen) atoms. The quantitative estimate of drug-likeness (QED) is 0.291. The Labute approximate surface area is 170 Å². The normalized spacial score (nSPS) is 21.1. The highest BCUT2D eigenvalue weighted by molar-refractivity contribution is 14.0. The van der Waals surface area contributed by atoms with Gasteiger partial charge in [0.25, 0.3) is 0 Å². The number of hydrogen-bond acceptors (Lipinski definition) is 2. The third-order valence-corrected chi connectivity index (χ3v) is 4.91. The van der Waals surface area contributed by atoms with Gasteiger partial charge in [0.05, 0.1) is 6.20 Å². The van der Waals surface area contributed by atoms with E-state index in [2.05, 4.69) is 42.3 Å². The summed E-state index contributed by atoms with van der Waals surface area (Å²) in [4.78, 5) is 7.37. The monoisotopic (exact) mass is 461 g/mol. The van der Waals surface area contributed by atoms with Crippen molar-refractivity contribution in [2.45, 2.75) is 59.3 Å². The summed E-state index contributed by atoms with van der Waals surface area (Å²) in [5.74, 6) is 1.10. The minimum absolute atomic E-state index is 0. The zero-order valence-electron chi connectivity index (χ0n) is 16.4. The lowest BCUT2D eigenvalue weighted by Crippen LogP contribution is -2.49. The smallest absolute Gasteiger partial charge is 0.193 e. The molecular weight excluding hydrogens is 425 g/mol. The number of guanidine groups is 1. The summed E-state index contributed by atoms with van der Waals surface area (Å²) in [6.07, 6.45) is 11.4. The molecule has 0 bridgehead atoms. The van der Waals surface area contributed by atoms with Gasteiger partial charge in [-0.25, -0.2) is 0 Å². The van der Waals surface area contributed by atoms with Gasteiger partial charge in [-0.1, -0.05) is 20.3 Å². The van der Waals surface area contributed by atoms with Crippen molar-refractivity contribution < 1.29 is 0 Å². The number of rotatable bonds is 7. The van der Waals surface area contributed by atoms with Crippen LogP contribution in [0.3, 0.4) is 0 Å². The van der Waals surface area contributed by atoms with Crippen LogP contribution in [0.15, 0.2) is 17.4 Å². The molecule has 5 nitrogen and oxygen atoms in total. The Morgan fingerprint density at radius 3 is 2.84 bits per heavy atom. The average molecular weight is 461 g/mol. The number of aryl methyl sites for hydroxylation is 2. The second-order valence-corrected chi connectivity index (χ2v) is 7.45. The van der Waals surface area contributed by atoms with E-state index < -0.39 is 0 Å². The number of aromatic nitrogens is 2. The van der Waals surface area contributed by atoms with Crippen LogP contribution in [0.4, 0.5) is 0 Å². The SMILES string of the molecule is CCCC1(C)CCCN(C(=NCCCc2cnn(C)c2)NCC)C1.I. The lowest BCUT2D eigenvalue weighted by atomic mass is 9.78. The van der Waals surface area contributed by atoms with Gasteiger partial charge >= 0.3 is 0 Å². The lowest BCUT2D eigenvalue weighted by Gasteiger charge is -2.42. The van der Waals surface area contributed by atoms with Crippen molar-refractivity contribution in [3.8, 4) is 0 Å². The van der Waals surface area contributed by atoms with Crippen LogP contribution in [0.25, 0.3) is 0 Å². The van der Waals surface area contributed by atoms with Crippen LogP contribution < -0.4 is 5.32 Å². The van der Waals surface area contributed by atoms with Gasteiger partial charge in [0, 0.05) is 39.4 Å². The number of nitrogens with one attached hydrogen (secondary N) is 1. The molecule has 1 atom stereocenters. The van der Waals surface area contributed by atoms with Gasteiger partial charge in [0.1, 0.15) is 0 Å². The van der Waals surface area contributed by atoms with E-state index in [0.717, 1.165) is 45.0 Å². The molecular formula is C19H36IN5. The van der Waals surface area contributed by atoms with E-state index in [1.54, 1.807) is 0 Å². The molecule has 1 saturated heterocycles. The fourth-order valence-electron chi connectivity index (χ4n) is 3.80. The second kappa shape index (κ2) is 11.0. The van der Waals surface area contributed by atoms with Crippen LogP contribution in [0, 0.1) is 5.41 Å². The van der Waals surface area contributed by atoms with E-state index in [1.807, 2.05) is 17.9 Å². The Morgan fingerprint density at radius 1 is 1.40 bits per heavy atom. The van der Waals surface area contributed by atoms with Crippen molar-refractivity contribution in [3.63, 3.8) is 0 Å². The highest BCUT2D eigenvalue weighted by atomic mass is 127. The number of likely N-dealkylation sites (tertiary alicyclic amines) is 1. The van der Waals surface area contributed by atoms with Crippen molar-refractivity contribution in [1.82, 2.24) is 20.0 Å². The number of piperidine rings is 1. The van der Waals surface area contributed by atoms with Crippen LogP contribution in [0.5, 0.6) is 0 Å². The molecule has 0 amide bonds. The summed E-state index contributed by atoms with van der Waals surface area (Å²) in [7, 11) is 1.97. The van der Waals surface area contributed by atoms with Gasteiger partial charge in [-0.15, -0.1) is 24.0 Å². The first-order valence-electron chi connectivity index (χ1n) is 9.57. The third kappa shape index (κ3) is 7.15. The van der Waals surface area contributed by atoms with Gasteiger partial charge in [-0.3, -0.25) is 9.67 Å². The first-order valence-corrected chi connectivity index (χ1v) is 9.57. The van der Waals surface area contributed by atoms with E-state index in [1.165, 1.54) is 31.2 Å². The Bertz CT molecular complexity index is 524. The zero-order chi connectivity index (χ0) is 17.4. The van der Waals surface area contributed by atoms with Gasteiger partial charge in [-0.05, 0) is 50.0 Å². The summed E-state index contributed by atoms with van der Waals surface area (Å²) < 4.78 is 1.87. The molecule has 0 radical (unpaired) electrons. The van der Waals surface area contributed by atoms with Crippen molar-refractivity contribution in [3.05, 3.63) is 18.0 Å². The highest BCUT2D eigenvalue weighted by Crippen LogP contribution is 2.33. The predicted molar refractivity (Wildman–Crippen MR) is 117 cm³/mol. The molecule has 1 aliphatic rings. The topological polar surface area (TPSA) is 45.5 Å². The van der Waals surface area contributed by atoms with E-state index in [9.17, 15) is 0 Å². The molecule has 2 rings (SSSR count). The summed E-state index contributed by atoms with van der Waals surface area (Å²) in [5.41, 5.74) is 1.74. The van der Waals surface area contributed by atoms with Gasteiger partial charge < -0.3 is 10.2 Å². The second-order valence-electron chi connectivity index (χ2n) is 7.45. The number of halogens is 1. The molecule has 1 aromatic rings.